The van der Waals surface area contributed by atoms with Gasteiger partial charge in [-0.25, -0.2) is 0 Å². The second kappa shape index (κ2) is 6.37. The molecule has 2 aliphatic rings. The van der Waals surface area contributed by atoms with Gasteiger partial charge in [-0.3, -0.25) is 0 Å². The average Bonchev–Trinajstić information content (AvgIpc) is 2.51. The van der Waals surface area contributed by atoms with Crippen LogP contribution in [0.4, 0.5) is 0 Å². The fourth-order valence-electron chi connectivity index (χ4n) is 3.88. The van der Waals surface area contributed by atoms with Crippen LogP contribution in [0.2, 0.25) is 0 Å². The highest BCUT2D eigenvalue weighted by Gasteiger charge is 2.44. The van der Waals surface area contributed by atoms with Gasteiger partial charge in [0.1, 0.15) is 5.75 Å². The van der Waals surface area contributed by atoms with E-state index in [-0.39, 0.29) is 5.60 Å². The summed E-state index contributed by atoms with van der Waals surface area (Å²) in [6.07, 6.45) is 6.18. The molecule has 1 N–H and O–H groups in total. The number of rotatable bonds is 5. The van der Waals surface area contributed by atoms with Crippen molar-refractivity contribution in [1.82, 2.24) is 5.32 Å². The minimum atomic E-state index is 0.204. The summed E-state index contributed by atoms with van der Waals surface area (Å²) in [5.41, 5.74) is 1.55. The van der Waals surface area contributed by atoms with Crippen LogP contribution < -0.4 is 10.1 Å². The molecule has 2 unspecified atom stereocenters. The number of hydrogen-bond acceptors (Lipinski definition) is 3. The molecule has 1 saturated heterocycles. The van der Waals surface area contributed by atoms with Crippen molar-refractivity contribution in [3.05, 3.63) is 29.8 Å². The van der Waals surface area contributed by atoms with Gasteiger partial charge in [0.05, 0.1) is 12.7 Å². The van der Waals surface area contributed by atoms with E-state index in [4.69, 9.17) is 9.47 Å². The van der Waals surface area contributed by atoms with Gasteiger partial charge in [0, 0.05) is 12.6 Å². The lowest BCUT2D eigenvalue weighted by Gasteiger charge is -2.49. The Morgan fingerprint density at radius 1 is 1.43 bits per heavy atom. The molecule has 21 heavy (non-hydrogen) atoms. The second-order valence-corrected chi connectivity index (χ2v) is 6.45. The van der Waals surface area contributed by atoms with Crippen LogP contribution in [0.3, 0.4) is 0 Å². The van der Waals surface area contributed by atoms with E-state index in [9.17, 15) is 0 Å². The number of ether oxygens (including phenoxy) is 2. The van der Waals surface area contributed by atoms with Crippen LogP contribution >= 0.6 is 0 Å². The molecule has 0 amide bonds. The molecule has 0 bridgehead atoms. The molecule has 1 saturated carbocycles. The number of methoxy groups -OCH3 is 1. The van der Waals surface area contributed by atoms with Crippen LogP contribution in [0.1, 0.15) is 50.6 Å². The molecular weight excluding hydrogens is 262 g/mol. The van der Waals surface area contributed by atoms with Crippen molar-refractivity contribution < 1.29 is 9.47 Å². The molecule has 1 spiro atoms. The van der Waals surface area contributed by atoms with Gasteiger partial charge in [0.25, 0.3) is 0 Å². The zero-order valence-electron chi connectivity index (χ0n) is 13.2. The SMILES string of the molecule is CCNC(c1cccc(OC)c1)C1CCOC2(CCC2)C1. The molecule has 3 nitrogen and oxygen atoms in total. The molecule has 0 aromatic heterocycles. The molecule has 2 fully saturated rings. The standard InChI is InChI=1S/C18H27NO2/c1-3-19-17(14-6-4-7-16(12-14)20-2)15-8-11-21-18(13-15)9-5-10-18/h4,6-7,12,15,17,19H,3,5,8-11,13H2,1-2H3. The van der Waals surface area contributed by atoms with Gasteiger partial charge >= 0.3 is 0 Å². The molecule has 2 atom stereocenters. The van der Waals surface area contributed by atoms with E-state index in [1.165, 1.54) is 31.2 Å². The van der Waals surface area contributed by atoms with Gasteiger partial charge in [-0.2, -0.15) is 0 Å². The normalized spacial score (nSPS) is 25.3. The highest BCUT2D eigenvalue weighted by Crippen LogP contribution is 2.47. The predicted molar refractivity (Wildman–Crippen MR) is 84.7 cm³/mol. The van der Waals surface area contributed by atoms with Crippen molar-refractivity contribution >= 4 is 0 Å². The Kier molecular flexibility index (Phi) is 4.51. The maximum absolute atomic E-state index is 6.09. The molecule has 1 aromatic rings. The summed E-state index contributed by atoms with van der Waals surface area (Å²) in [6.45, 7) is 4.09. The van der Waals surface area contributed by atoms with Gasteiger partial charge < -0.3 is 14.8 Å². The summed E-state index contributed by atoms with van der Waals surface area (Å²) >= 11 is 0. The fraction of sp³-hybridized carbons (Fsp3) is 0.667. The zero-order chi connectivity index (χ0) is 14.7. The molecule has 116 valence electrons. The summed E-state index contributed by atoms with van der Waals surface area (Å²) in [4.78, 5) is 0. The lowest BCUT2D eigenvalue weighted by Crippen LogP contribution is -2.48. The zero-order valence-corrected chi connectivity index (χ0v) is 13.2. The summed E-state index contributed by atoms with van der Waals surface area (Å²) in [5, 5.41) is 3.69. The minimum Gasteiger partial charge on any atom is -0.497 e. The van der Waals surface area contributed by atoms with E-state index in [0.717, 1.165) is 25.3 Å². The third-order valence-electron chi connectivity index (χ3n) is 5.14. The Hall–Kier alpha value is -1.06. The van der Waals surface area contributed by atoms with E-state index < -0.39 is 0 Å². The lowest BCUT2D eigenvalue weighted by atomic mass is 9.69. The molecule has 1 aliphatic carbocycles. The Morgan fingerprint density at radius 3 is 2.95 bits per heavy atom. The van der Waals surface area contributed by atoms with Gasteiger partial charge in [-0.1, -0.05) is 19.1 Å². The first-order chi connectivity index (χ1) is 10.3. The first-order valence-corrected chi connectivity index (χ1v) is 8.28. The summed E-state index contributed by atoms with van der Waals surface area (Å²) < 4.78 is 11.5. The van der Waals surface area contributed by atoms with Gasteiger partial charge in [0.15, 0.2) is 0 Å². The monoisotopic (exact) mass is 289 g/mol. The van der Waals surface area contributed by atoms with Crippen molar-refractivity contribution in [2.45, 2.75) is 50.7 Å². The first-order valence-electron chi connectivity index (χ1n) is 8.28. The summed E-state index contributed by atoms with van der Waals surface area (Å²) in [5.74, 6) is 1.60. The van der Waals surface area contributed by atoms with E-state index >= 15 is 0 Å². The van der Waals surface area contributed by atoms with Crippen molar-refractivity contribution in [2.75, 3.05) is 20.3 Å². The summed E-state index contributed by atoms with van der Waals surface area (Å²) in [7, 11) is 1.74. The first kappa shape index (κ1) is 14.9. The predicted octanol–water partition coefficient (Wildman–Crippen LogP) is 3.70. The number of hydrogen-bond donors (Lipinski definition) is 1. The maximum Gasteiger partial charge on any atom is 0.119 e. The third kappa shape index (κ3) is 3.09. The highest BCUT2D eigenvalue weighted by atomic mass is 16.5. The van der Waals surface area contributed by atoms with Crippen LogP contribution in [0.5, 0.6) is 5.75 Å². The van der Waals surface area contributed by atoms with Crippen molar-refractivity contribution in [1.29, 1.82) is 0 Å². The largest absolute Gasteiger partial charge is 0.497 e. The second-order valence-electron chi connectivity index (χ2n) is 6.45. The Morgan fingerprint density at radius 2 is 2.29 bits per heavy atom. The molecule has 0 radical (unpaired) electrons. The number of benzene rings is 1. The van der Waals surface area contributed by atoms with Crippen LogP contribution in [-0.4, -0.2) is 25.9 Å². The van der Waals surface area contributed by atoms with Gasteiger partial charge in [0.2, 0.25) is 0 Å². The van der Waals surface area contributed by atoms with E-state index in [1.54, 1.807) is 7.11 Å². The van der Waals surface area contributed by atoms with Crippen LogP contribution in [0.25, 0.3) is 0 Å². The topological polar surface area (TPSA) is 30.5 Å². The summed E-state index contributed by atoms with van der Waals surface area (Å²) in [6, 6.07) is 8.92. The highest BCUT2D eigenvalue weighted by molar-refractivity contribution is 5.31. The van der Waals surface area contributed by atoms with Crippen molar-refractivity contribution in [3.8, 4) is 5.75 Å². The van der Waals surface area contributed by atoms with Crippen LogP contribution in [-0.2, 0) is 4.74 Å². The van der Waals surface area contributed by atoms with Crippen LogP contribution in [0.15, 0.2) is 24.3 Å². The molecular formula is C18H27NO2. The molecule has 1 aromatic carbocycles. The Balaban J connectivity index is 1.79. The van der Waals surface area contributed by atoms with Crippen molar-refractivity contribution in [3.63, 3.8) is 0 Å². The van der Waals surface area contributed by atoms with Crippen molar-refractivity contribution in [2.24, 2.45) is 5.92 Å². The van der Waals surface area contributed by atoms with E-state index in [1.807, 2.05) is 6.07 Å². The van der Waals surface area contributed by atoms with Gasteiger partial charge in [-0.15, -0.1) is 0 Å². The van der Waals surface area contributed by atoms with E-state index in [0.29, 0.717) is 12.0 Å². The molecule has 1 aliphatic heterocycles. The molecule has 1 heterocycles. The third-order valence-corrected chi connectivity index (χ3v) is 5.14. The number of nitrogens with one attached hydrogen (secondary N) is 1. The average molecular weight is 289 g/mol. The fourth-order valence-corrected chi connectivity index (χ4v) is 3.88. The Labute approximate surface area is 128 Å². The minimum absolute atomic E-state index is 0.204. The quantitative estimate of drug-likeness (QED) is 0.896. The molecule has 3 rings (SSSR count). The Bertz CT molecular complexity index is 470. The lowest BCUT2D eigenvalue weighted by molar-refractivity contribution is -0.147. The molecule has 3 heteroatoms. The van der Waals surface area contributed by atoms with Gasteiger partial charge in [-0.05, 0) is 62.3 Å². The maximum atomic E-state index is 6.09. The smallest absolute Gasteiger partial charge is 0.119 e. The van der Waals surface area contributed by atoms with Crippen LogP contribution in [0, 0.1) is 5.92 Å². The van der Waals surface area contributed by atoms with E-state index in [2.05, 4.69) is 30.4 Å².